The second-order valence-corrected chi connectivity index (χ2v) is 4.28. The molecule has 0 amide bonds. The average Bonchev–Trinajstić information content (AvgIpc) is 2.78. The lowest BCUT2D eigenvalue weighted by molar-refractivity contribution is 0.0989. The predicted octanol–water partition coefficient (Wildman–Crippen LogP) is 1.82. The first kappa shape index (κ1) is 12.4. The van der Waals surface area contributed by atoms with E-state index in [1.165, 1.54) is 0 Å². The maximum Gasteiger partial charge on any atom is 0.170 e. The van der Waals surface area contributed by atoms with E-state index in [0.717, 1.165) is 18.5 Å². The molecule has 94 valence electrons. The normalized spacial score (nSPS) is 10.6. The summed E-state index contributed by atoms with van der Waals surface area (Å²) in [4.78, 5) is 12.1. The Kier molecular flexibility index (Phi) is 3.82. The summed E-state index contributed by atoms with van der Waals surface area (Å²) in [7, 11) is 0. The van der Waals surface area contributed by atoms with E-state index in [9.17, 15) is 4.79 Å². The van der Waals surface area contributed by atoms with Crippen molar-refractivity contribution in [2.45, 2.75) is 33.2 Å². The van der Waals surface area contributed by atoms with Crippen LogP contribution in [0.5, 0.6) is 0 Å². The first-order valence-corrected chi connectivity index (χ1v) is 6.05. The number of carbonyl (C=O) groups excluding carboxylic acids is 1. The van der Waals surface area contributed by atoms with Crippen LogP contribution in [0.4, 0.5) is 0 Å². The Balaban J connectivity index is 2.11. The molecule has 0 saturated heterocycles. The van der Waals surface area contributed by atoms with Crippen LogP contribution >= 0.6 is 0 Å². The summed E-state index contributed by atoms with van der Waals surface area (Å²) in [5.41, 5.74) is 1.84. The minimum absolute atomic E-state index is 0.0437. The zero-order valence-electron chi connectivity index (χ0n) is 10.6. The second-order valence-electron chi connectivity index (χ2n) is 4.28. The van der Waals surface area contributed by atoms with E-state index >= 15 is 0 Å². The van der Waals surface area contributed by atoms with Crippen molar-refractivity contribution in [1.29, 1.82) is 0 Å². The fraction of sp³-hybridized carbons (Fsp3) is 0.385. The number of hydrogen-bond acceptors (Lipinski definition) is 4. The van der Waals surface area contributed by atoms with Crippen LogP contribution in [-0.4, -0.2) is 26.0 Å². The Morgan fingerprint density at radius 3 is 2.67 bits per heavy atom. The SMILES string of the molecule is CCCn1nnnc1CC(=O)c1ccc(C)cc1. The summed E-state index contributed by atoms with van der Waals surface area (Å²) in [5.74, 6) is 0.671. The van der Waals surface area contributed by atoms with Crippen LogP contribution in [0.1, 0.15) is 35.1 Å². The zero-order valence-corrected chi connectivity index (χ0v) is 10.6. The van der Waals surface area contributed by atoms with Gasteiger partial charge < -0.3 is 0 Å². The first-order valence-electron chi connectivity index (χ1n) is 6.05. The largest absolute Gasteiger partial charge is 0.294 e. The molecule has 5 heteroatoms. The van der Waals surface area contributed by atoms with Gasteiger partial charge in [-0.15, -0.1) is 5.10 Å². The van der Waals surface area contributed by atoms with Gasteiger partial charge in [0.1, 0.15) is 0 Å². The first-order chi connectivity index (χ1) is 8.70. The molecule has 0 spiro atoms. The third-order valence-electron chi connectivity index (χ3n) is 2.73. The standard InChI is InChI=1S/C13H16N4O/c1-3-8-17-13(14-15-16-17)9-12(18)11-6-4-10(2)5-7-11/h4-7H,3,8-9H2,1-2H3. The van der Waals surface area contributed by atoms with Crippen molar-refractivity contribution < 1.29 is 4.79 Å². The minimum atomic E-state index is 0.0437. The van der Waals surface area contributed by atoms with Gasteiger partial charge in [-0.25, -0.2) is 4.68 Å². The van der Waals surface area contributed by atoms with E-state index in [4.69, 9.17) is 0 Å². The second kappa shape index (κ2) is 5.53. The lowest BCUT2D eigenvalue weighted by Crippen LogP contribution is -2.11. The molecule has 0 aliphatic carbocycles. The lowest BCUT2D eigenvalue weighted by Gasteiger charge is -2.03. The molecule has 2 aromatic rings. The van der Waals surface area contributed by atoms with Crippen molar-refractivity contribution in [3.63, 3.8) is 0 Å². The minimum Gasteiger partial charge on any atom is -0.294 e. The Hall–Kier alpha value is -2.04. The van der Waals surface area contributed by atoms with Crippen LogP contribution in [0.25, 0.3) is 0 Å². The zero-order chi connectivity index (χ0) is 13.0. The number of tetrazole rings is 1. The van der Waals surface area contributed by atoms with E-state index in [2.05, 4.69) is 15.5 Å². The number of carbonyl (C=O) groups is 1. The van der Waals surface area contributed by atoms with Gasteiger partial charge >= 0.3 is 0 Å². The lowest BCUT2D eigenvalue weighted by atomic mass is 10.1. The van der Waals surface area contributed by atoms with Gasteiger partial charge in [0.25, 0.3) is 0 Å². The van der Waals surface area contributed by atoms with Gasteiger partial charge in [0.2, 0.25) is 0 Å². The van der Waals surface area contributed by atoms with E-state index in [0.29, 0.717) is 11.4 Å². The molecule has 0 aliphatic heterocycles. The fourth-order valence-corrected chi connectivity index (χ4v) is 1.72. The Morgan fingerprint density at radius 2 is 2.00 bits per heavy atom. The fourth-order valence-electron chi connectivity index (χ4n) is 1.72. The summed E-state index contributed by atoms with van der Waals surface area (Å²) in [6.45, 7) is 4.78. The molecule has 0 N–H and O–H groups in total. The van der Waals surface area contributed by atoms with Crippen LogP contribution in [0.3, 0.4) is 0 Å². The molecular formula is C13H16N4O. The highest BCUT2D eigenvalue weighted by atomic mass is 16.1. The number of aryl methyl sites for hydroxylation is 2. The van der Waals surface area contributed by atoms with Crippen LogP contribution in [0.2, 0.25) is 0 Å². The summed E-state index contributed by atoms with van der Waals surface area (Å²) in [5, 5.41) is 11.4. The number of hydrogen-bond donors (Lipinski definition) is 0. The highest BCUT2D eigenvalue weighted by Crippen LogP contribution is 2.07. The predicted molar refractivity (Wildman–Crippen MR) is 67.3 cm³/mol. The molecule has 0 fully saturated rings. The molecule has 0 bridgehead atoms. The molecule has 2 rings (SSSR count). The summed E-state index contributed by atoms with van der Waals surface area (Å²) in [6, 6.07) is 7.54. The number of ketones is 1. The van der Waals surface area contributed by atoms with Crippen molar-refractivity contribution >= 4 is 5.78 Å². The van der Waals surface area contributed by atoms with Crippen molar-refractivity contribution in [3.8, 4) is 0 Å². The molecule has 5 nitrogen and oxygen atoms in total. The highest BCUT2D eigenvalue weighted by Gasteiger charge is 2.12. The highest BCUT2D eigenvalue weighted by molar-refractivity contribution is 5.97. The van der Waals surface area contributed by atoms with Gasteiger partial charge in [-0.2, -0.15) is 0 Å². The van der Waals surface area contributed by atoms with Crippen LogP contribution in [0, 0.1) is 6.92 Å². The third kappa shape index (κ3) is 2.80. The maximum absolute atomic E-state index is 12.1. The van der Waals surface area contributed by atoms with Crippen molar-refractivity contribution in [1.82, 2.24) is 20.2 Å². The molecule has 0 radical (unpaired) electrons. The van der Waals surface area contributed by atoms with Crippen molar-refractivity contribution in [2.75, 3.05) is 0 Å². The smallest absolute Gasteiger partial charge is 0.170 e. The molecule has 18 heavy (non-hydrogen) atoms. The third-order valence-corrected chi connectivity index (χ3v) is 2.73. The van der Waals surface area contributed by atoms with Crippen molar-refractivity contribution in [2.24, 2.45) is 0 Å². The summed E-state index contributed by atoms with van der Waals surface area (Å²) >= 11 is 0. The number of aromatic nitrogens is 4. The number of benzene rings is 1. The van der Waals surface area contributed by atoms with Gasteiger partial charge in [0.15, 0.2) is 11.6 Å². The number of Topliss-reactive ketones (excluding diaryl/α,β-unsaturated/α-hetero) is 1. The monoisotopic (exact) mass is 244 g/mol. The van der Waals surface area contributed by atoms with Gasteiger partial charge in [-0.05, 0) is 23.8 Å². The molecule has 0 saturated carbocycles. The molecule has 1 aromatic carbocycles. The average molecular weight is 244 g/mol. The Labute approximate surface area is 106 Å². The molecule has 0 unspecified atom stereocenters. The van der Waals surface area contributed by atoms with Crippen LogP contribution < -0.4 is 0 Å². The van der Waals surface area contributed by atoms with E-state index in [1.54, 1.807) is 4.68 Å². The number of nitrogens with zero attached hydrogens (tertiary/aromatic N) is 4. The molecular weight excluding hydrogens is 228 g/mol. The van der Waals surface area contributed by atoms with Gasteiger partial charge in [0.05, 0.1) is 6.42 Å². The molecule has 0 atom stereocenters. The maximum atomic E-state index is 12.1. The van der Waals surface area contributed by atoms with E-state index < -0.39 is 0 Å². The quantitative estimate of drug-likeness (QED) is 0.753. The van der Waals surface area contributed by atoms with Gasteiger partial charge in [-0.1, -0.05) is 36.8 Å². The number of rotatable bonds is 5. The van der Waals surface area contributed by atoms with E-state index in [1.807, 2.05) is 38.1 Å². The van der Waals surface area contributed by atoms with E-state index in [-0.39, 0.29) is 12.2 Å². The Bertz CT molecular complexity index is 530. The van der Waals surface area contributed by atoms with Crippen LogP contribution in [0.15, 0.2) is 24.3 Å². The van der Waals surface area contributed by atoms with Gasteiger partial charge in [-0.3, -0.25) is 4.79 Å². The Morgan fingerprint density at radius 1 is 1.28 bits per heavy atom. The molecule has 1 aromatic heterocycles. The molecule has 1 heterocycles. The van der Waals surface area contributed by atoms with Gasteiger partial charge in [0, 0.05) is 12.1 Å². The topological polar surface area (TPSA) is 60.7 Å². The van der Waals surface area contributed by atoms with Crippen LogP contribution in [-0.2, 0) is 13.0 Å². The summed E-state index contributed by atoms with van der Waals surface area (Å²) in [6.07, 6.45) is 1.19. The van der Waals surface area contributed by atoms with Crippen molar-refractivity contribution in [3.05, 3.63) is 41.2 Å². The summed E-state index contributed by atoms with van der Waals surface area (Å²) < 4.78 is 1.69. The molecule has 0 aliphatic rings.